The second-order valence-electron chi connectivity index (χ2n) is 5.05. The van der Waals surface area contributed by atoms with Crippen LogP contribution in [0.2, 0.25) is 0 Å². The number of halogens is 1. The maximum Gasteiger partial charge on any atom is 0.137 e. The summed E-state index contributed by atoms with van der Waals surface area (Å²) in [4.78, 5) is 8.52. The summed E-state index contributed by atoms with van der Waals surface area (Å²) in [5.41, 5.74) is 0.895. The van der Waals surface area contributed by atoms with Crippen LogP contribution in [0.1, 0.15) is 6.92 Å². The van der Waals surface area contributed by atoms with E-state index in [1.165, 1.54) is 18.5 Å². The second-order valence-corrected chi connectivity index (χ2v) is 5.05. The molecule has 0 aliphatic heterocycles. The normalized spacial score (nSPS) is 12.1. The van der Waals surface area contributed by atoms with Crippen molar-refractivity contribution >= 4 is 16.7 Å². The molecule has 1 N–H and O–H groups in total. The Labute approximate surface area is 128 Å². The first-order valence-corrected chi connectivity index (χ1v) is 7.07. The van der Waals surface area contributed by atoms with Gasteiger partial charge in [0.25, 0.3) is 0 Å². The summed E-state index contributed by atoms with van der Waals surface area (Å²) in [6.07, 6.45) is 1.54. The van der Waals surface area contributed by atoms with Crippen molar-refractivity contribution in [3.8, 4) is 5.75 Å². The standard InChI is InChI=1S/C17H16FN3O/c1-12(10-22-14-8-6-13(18)7-9-14)21-17-15-4-2-3-5-16(15)19-11-20-17/h2-9,11-12H,10H2,1H3,(H,19,20,21). The molecule has 0 bridgehead atoms. The lowest BCUT2D eigenvalue weighted by Crippen LogP contribution is -2.24. The molecule has 5 heteroatoms. The Morgan fingerprint density at radius 3 is 2.68 bits per heavy atom. The van der Waals surface area contributed by atoms with Gasteiger partial charge in [0.15, 0.2) is 0 Å². The van der Waals surface area contributed by atoms with E-state index in [9.17, 15) is 4.39 Å². The van der Waals surface area contributed by atoms with Crippen molar-refractivity contribution in [3.05, 3.63) is 60.7 Å². The monoisotopic (exact) mass is 297 g/mol. The van der Waals surface area contributed by atoms with E-state index in [0.717, 1.165) is 16.7 Å². The van der Waals surface area contributed by atoms with Crippen LogP contribution in [0.15, 0.2) is 54.9 Å². The number of para-hydroxylation sites is 1. The SMILES string of the molecule is CC(COc1ccc(F)cc1)Nc1ncnc2ccccc12. The first-order valence-electron chi connectivity index (χ1n) is 7.07. The largest absolute Gasteiger partial charge is 0.491 e. The molecule has 4 nitrogen and oxygen atoms in total. The molecule has 0 aliphatic rings. The topological polar surface area (TPSA) is 47.0 Å². The summed E-state index contributed by atoms with van der Waals surface area (Å²) < 4.78 is 18.5. The summed E-state index contributed by atoms with van der Waals surface area (Å²) in [6, 6.07) is 13.9. The lowest BCUT2D eigenvalue weighted by atomic mass is 10.2. The molecule has 3 rings (SSSR count). The van der Waals surface area contributed by atoms with Crippen LogP contribution in [0, 0.1) is 5.82 Å². The van der Waals surface area contributed by atoms with Gasteiger partial charge in [-0.3, -0.25) is 0 Å². The van der Waals surface area contributed by atoms with Crippen LogP contribution in [0.4, 0.5) is 10.2 Å². The zero-order valence-corrected chi connectivity index (χ0v) is 12.2. The van der Waals surface area contributed by atoms with Gasteiger partial charge < -0.3 is 10.1 Å². The molecule has 0 spiro atoms. The molecule has 1 unspecified atom stereocenters. The molecule has 1 aromatic heterocycles. The van der Waals surface area contributed by atoms with E-state index in [1.807, 2.05) is 31.2 Å². The minimum atomic E-state index is -0.272. The van der Waals surface area contributed by atoms with E-state index in [-0.39, 0.29) is 11.9 Å². The van der Waals surface area contributed by atoms with Crippen molar-refractivity contribution in [1.29, 1.82) is 0 Å². The molecule has 1 heterocycles. The molecule has 0 amide bonds. The zero-order valence-electron chi connectivity index (χ0n) is 12.2. The molecule has 0 radical (unpaired) electrons. The Balaban J connectivity index is 1.65. The van der Waals surface area contributed by atoms with Crippen molar-refractivity contribution in [1.82, 2.24) is 9.97 Å². The van der Waals surface area contributed by atoms with Gasteiger partial charge in [-0.05, 0) is 43.3 Å². The first kappa shape index (κ1) is 14.3. The predicted octanol–water partition coefficient (Wildman–Crippen LogP) is 3.65. The molecule has 0 saturated carbocycles. The van der Waals surface area contributed by atoms with Crippen LogP contribution < -0.4 is 10.1 Å². The van der Waals surface area contributed by atoms with E-state index in [2.05, 4.69) is 15.3 Å². The zero-order chi connectivity index (χ0) is 15.4. The van der Waals surface area contributed by atoms with Crippen molar-refractivity contribution in [2.45, 2.75) is 13.0 Å². The molecule has 1 atom stereocenters. The maximum absolute atomic E-state index is 12.8. The molecule has 0 saturated heterocycles. The lowest BCUT2D eigenvalue weighted by Gasteiger charge is -2.16. The van der Waals surface area contributed by atoms with Gasteiger partial charge in [0.1, 0.15) is 30.3 Å². The summed E-state index contributed by atoms with van der Waals surface area (Å²) in [6.45, 7) is 2.45. The number of fused-ring (bicyclic) bond motifs is 1. The average Bonchev–Trinajstić information content (AvgIpc) is 2.55. The van der Waals surface area contributed by atoms with E-state index < -0.39 is 0 Å². The Bertz CT molecular complexity index is 756. The Hall–Kier alpha value is -2.69. The van der Waals surface area contributed by atoms with Gasteiger partial charge in [0.05, 0.1) is 11.6 Å². The van der Waals surface area contributed by atoms with Gasteiger partial charge in [0.2, 0.25) is 0 Å². The fourth-order valence-electron chi connectivity index (χ4n) is 2.15. The number of nitrogens with zero attached hydrogens (tertiary/aromatic N) is 2. The van der Waals surface area contributed by atoms with Crippen molar-refractivity contribution in [3.63, 3.8) is 0 Å². The van der Waals surface area contributed by atoms with Crippen LogP contribution in [0.25, 0.3) is 10.9 Å². The third kappa shape index (κ3) is 3.31. The van der Waals surface area contributed by atoms with Crippen LogP contribution >= 0.6 is 0 Å². The Kier molecular flexibility index (Phi) is 4.14. The number of hydrogen-bond acceptors (Lipinski definition) is 4. The molecule has 3 aromatic rings. The third-order valence-electron chi connectivity index (χ3n) is 3.24. The molecule has 112 valence electrons. The van der Waals surface area contributed by atoms with Gasteiger partial charge in [-0.1, -0.05) is 12.1 Å². The van der Waals surface area contributed by atoms with E-state index in [0.29, 0.717) is 12.4 Å². The molecule has 22 heavy (non-hydrogen) atoms. The summed E-state index contributed by atoms with van der Waals surface area (Å²) in [7, 11) is 0. The molecule has 2 aromatic carbocycles. The number of hydrogen-bond donors (Lipinski definition) is 1. The van der Waals surface area contributed by atoms with Crippen LogP contribution in [0.3, 0.4) is 0 Å². The van der Waals surface area contributed by atoms with E-state index in [1.54, 1.807) is 12.1 Å². The number of benzene rings is 2. The highest BCUT2D eigenvalue weighted by atomic mass is 19.1. The van der Waals surface area contributed by atoms with Gasteiger partial charge in [-0.15, -0.1) is 0 Å². The Morgan fingerprint density at radius 1 is 1.09 bits per heavy atom. The van der Waals surface area contributed by atoms with Crippen LogP contribution in [-0.4, -0.2) is 22.6 Å². The number of aromatic nitrogens is 2. The number of ether oxygens (including phenoxy) is 1. The van der Waals surface area contributed by atoms with Gasteiger partial charge in [-0.2, -0.15) is 0 Å². The van der Waals surface area contributed by atoms with Gasteiger partial charge >= 0.3 is 0 Å². The number of nitrogens with one attached hydrogen (secondary N) is 1. The van der Waals surface area contributed by atoms with E-state index in [4.69, 9.17) is 4.74 Å². The third-order valence-corrected chi connectivity index (χ3v) is 3.24. The number of rotatable bonds is 5. The smallest absolute Gasteiger partial charge is 0.137 e. The molecular weight excluding hydrogens is 281 g/mol. The quantitative estimate of drug-likeness (QED) is 0.781. The highest BCUT2D eigenvalue weighted by Gasteiger charge is 2.08. The summed E-state index contributed by atoms with van der Waals surface area (Å²) in [5, 5.41) is 4.29. The fraction of sp³-hybridized carbons (Fsp3) is 0.176. The highest BCUT2D eigenvalue weighted by molar-refractivity contribution is 5.88. The van der Waals surface area contributed by atoms with Crippen molar-refractivity contribution < 1.29 is 9.13 Å². The molecule has 0 fully saturated rings. The average molecular weight is 297 g/mol. The van der Waals surface area contributed by atoms with Crippen molar-refractivity contribution in [2.75, 3.05) is 11.9 Å². The fourth-order valence-corrected chi connectivity index (χ4v) is 2.15. The maximum atomic E-state index is 12.8. The summed E-state index contributed by atoms with van der Waals surface area (Å²) >= 11 is 0. The lowest BCUT2D eigenvalue weighted by molar-refractivity contribution is 0.303. The molecular formula is C17H16FN3O. The van der Waals surface area contributed by atoms with Crippen LogP contribution in [-0.2, 0) is 0 Å². The van der Waals surface area contributed by atoms with Gasteiger partial charge in [-0.25, -0.2) is 14.4 Å². The molecule has 0 aliphatic carbocycles. The minimum Gasteiger partial charge on any atom is -0.491 e. The Morgan fingerprint density at radius 2 is 1.86 bits per heavy atom. The minimum absolute atomic E-state index is 0.0448. The van der Waals surface area contributed by atoms with E-state index >= 15 is 0 Å². The highest BCUT2D eigenvalue weighted by Crippen LogP contribution is 2.19. The second kappa shape index (κ2) is 6.39. The van der Waals surface area contributed by atoms with Gasteiger partial charge in [0, 0.05) is 5.39 Å². The predicted molar refractivity (Wildman–Crippen MR) is 84.5 cm³/mol. The summed E-state index contributed by atoms with van der Waals surface area (Å²) in [5.74, 6) is 1.15. The van der Waals surface area contributed by atoms with Crippen LogP contribution in [0.5, 0.6) is 5.75 Å². The van der Waals surface area contributed by atoms with Crippen molar-refractivity contribution in [2.24, 2.45) is 0 Å². The first-order chi connectivity index (χ1) is 10.7. The number of anilines is 1.